The van der Waals surface area contributed by atoms with Gasteiger partial charge in [0, 0.05) is 13.7 Å². The highest BCUT2D eigenvalue weighted by Crippen LogP contribution is 2.30. The predicted octanol–water partition coefficient (Wildman–Crippen LogP) is 0.0902. The summed E-state index contributed by atoms with van der Waals surface area (Å²) in [6, 6.07) is 5.17. The van der Waals surface area contributed by atoms with E-state index < -0.39 is 6.04 Å². The Morgan fingerprint density at radius 2 is 2.15 bits per heavy atom. The molecule has 20 heavy (non-hydrogen) atoms. The third-order valence-corrected chi connectivity index (χ3v) is 3.00. The molecule has 1 aliphatic rings. The molecule has 2 rings (SSSR count). The Morgan fingerprint density at radius 3 is 2.90 bits per heavy atom. The van der Waals surface area contributed by atoms with E-state index in [0.29, 0.717) is 26.2 Å². The van der Waals surface area contributed by atoms with Crippen LogP contribution in [0.1, 0.15) is 5.56 Å². The maximum atomic E-state index is 11.6. The van der Waals surface area contributed by atoms with Gasteiger partial charge >= 0.3 is 0 Å². The van der Waals surface area contributed by atoms with Gasteiger partial charge in [0.2, 0.25) is 5.91 Å². The maximum absolute atomic E-state index is 11.6. The monoisotopic (exact) mass is 280 g/mol. The Hall–Kier alpha value is -1.79. The van der Waals surface area contributed by atoms with Gasteiger partial charge in [0.1, 0.15) is 19.3 Å². The fourth-order valence-electron chi connectivity index (χ4n) is 1.96. The number of rotatable bonds is 6. The van der Waals surface area contributed by atoms with Crippen LogP contribution in [0, 0.1) is 0 Å². The average Bonchev–Trinajstić information content (AvgIpc) is 2.47. The second-order valence-corrected chi connectivity index (χ2v) is 4.58. The second kappa shape index (κ2) is 7.12. The number of ether oxygens (including phenoxy) is 3. The molecule has 0 spiro atoms. The van der Waals surface area contributed by atoms with Gasteiger partial charge in [-0.1, -0.05) is 6.07 Å². The first-order chi connectivity index (χ1) is 9.70. The van der Waals surface area contributed by atoms with E-state index in [1.165, 1.54) is 7.11 Å². The van der Waals surface area contributed by atoms with Crippen LogP contribution in [-0.4, -0.2) is 45.4 Å². The minimum absolute atomic E-state index is 0.204. The Balaban J connectivity index is 1.81. The Bertz CT molecular complexity index is 464. The Kier molecular flexibility index (Phi) is 5.20. The van der Waals surface area contributed by atoms with Crippen molar-refractivity contribution in [3.8, 4) is 11.5 Å². The molecule has 110 valence electrons. The van der Waals surface area contributed by atoms with Crippen molar-refractivity contribution >= 4 is 5.91 Å². The molecule has 0 aromatic heterocycles. The molecule has 1 aliphatic heterocycles. The summed E-state index contributed by atoms with van der Waals surface area (Å²) in [5.41, 5.74) is 6.70. The zero-order chi connectivity index (χ0) is 14.4. The van der Waals surface area contributed by atoms with E-state index in [1.807, 2.05) is 18.2 Å². The van der Waals surface area contributed by atoms with Crippen LogP contribution >= 0.6 is 0 Å². The largest absolute Gasteiger partial charge is 0.486 e. The van der Waals surface area contributed by atoms with Crippen LogP contribution in [0.5, 0.6) is 11.5 Å². The lowest BCUT2D eigenvalue weighted by Crippen LogP contribution is -2.44. The third-order valence-electron chi connectivity index (χ3n) is 3.00. The zero-order valence-electron chi connectivity index (χ0n) is 11.6. The van der Waals surface area contributed by atoms with Gasteiger partial charge in [0.25, 0.3) is 0 Å². The summed E-state index contributed by atoms with van der Waals surface area (Å²) >= 11 is 0. The molecule has 3 N–H and O–H groups in total. The summed E-state index contributed by atoms with van der Waals surface area (Å²) in [6.07, 6.45) is 0.710. The van der Waals surface area contributed by atoms with E-state index in [0.717, 1.165) is 17.1 Å². The summed E-state index contributed by atoms with van der Waals surface area (Å²) in [4.78, 5) is 11.6. The van der Waals surface area contributed by atoms with Crippen molar-refractivity contribution in [1.29, 1.82) is 0 Å². The molecule has 1 unspecified atom stereocenters. The smallest absolute Gasteiger partial charge is 0.239 e. The maximum Gasteiger partial charge on any atom is 0.239 e. The molecule has 6 heteroatoms. The molecule has 0 bridgehead atoms. The van der Waals surface area contributed by atoms with Crippen molar-refractivity contribution < 1.29 is 19.0 Å². The van der Waals surface area contributed by atoms with E-state index in [1.54, 1.807) is 0 Å². The van der Waals surface area contributed by atoms with Crippen LogP contribution in [-0.2, 0) is 16.0 Å². The number of amides is 1. The first kappa shape index (κ1) is 14.6. The minimum atomic E-state index is -0.625. The van der Waals surface area contributed by atoms with Crippen LogP contribution in [0.15, 0.2) is 18.2 Å². The number of carbonyl (C=O) groups excluding carboxylic acids is 1. The van der Waals surface area contributed by atoms with Gasteiger partial charge in [-0.3, -0.25) is 4.79 Å². The lowest BCUT2D eigenvalue weighted by Gasteiger charge is -2.19. The molecule has 1 amide bonds. The molecule has 1 aromatic carbocycles. The van der Waals surface area contributed by atoms with Gasteiger partial charge in [-0.25, -0.2) is 0 Å². The summed E-state index contributed by atoms with van der Waals surface area (Å²) in [5.74, 6) is 1.33. The van der Waals surface area contributed by atoms with Gasteiger partial charge in [0.05, 0.1) is 6.61 Å². The van der Waals surface area contributed by atoms with E-state index in [-0.39, 0.29) is 12.5 Å². The predicted molar refractivity (Wildman–Crippen MR) is 74.0 cm³/mol. The quantitative estimate of drug-likeness (QED) is 0.771. The molecule has 1 aromatic rings. The van der Waals surface area contributed by atoms with Crippen molar-refractivity contribution in [3.05, 3.63) is 23.8 Å². The number of nitrogens with two attached hydrogens (primary N) is 1. The average molecular weight is 280 g/mol. The molecule has 6 nitrogen and oxygen atoms in total. The van der Waals surface area contributed by atoms with Gasteiger partial charge < -0.3 is 25.3 Å². The second-order valence-electron chi connectivity index (χ2n) is 4.58. The number of methoxy groups -OCH3 is 1. The van der Waals surface area contributed by atoms with E-state index in [4.69, 9.17) is 19.9 Å². The van der Waals surface area contributed by atoms with E-state index in [9.17, 15) is 4.79 Å². The van der Waals surface area contributed by atoms with Crippen molar-refractivity contribution in [1.82, 2.24) is 5.32 Å². The van der Waals surface area contributed by atoms with Crippen LogP contribution in [0.3, 0.4) is 0 Å². The summed E-state index contributed by atoms with van der Waals surface area (Å²) in [7, 11) is 1.52. The first-order valence-corrected chi connectivity index (χ1v) is 6.61. The molecular weight excluding hydrogens is 260 g/mol. The summed E-state index contributed by atoms with van der Waals surface area (Å²) in [5, 5.41) is 2.78. The number of hydrogen-bond acceptors (Lipinski definition) is 5. The van der Waals surface area contributed by atoms with Crippen molar-refractivity contribution in [3.63, 3.8) is 0 Å². The van der Waals surface area contributed by atoms with Crippen LogP contribution in [0.2, 0.25) is 0 Å². The third kappa shape index (κ3) is 3.85. The lowest BCUT2D eigenvalue weighted by molar-refractivity contribution is -0.123. The number of hydrogen-bond donors (Lipinski definition) is 2. The van der Waals surface area contributed by atoms with Crippen molar-refractivity contribution in [2.24, 2.45) is 5.73 Å². The first-order valence-electron chi connectivity index (χ1n) is 6.61. The van der Waals surface area contributed by atoms with Crippen LogP contribution < -0.4 is 20.5 Å². The minimum Gasteiger partial charge on any atom is -0.486 e. The highest BCUT2D eigenvalue weighted by Gasteiger charge is 2.13. The Morgan fingerprint density at radius 1 is 1.40 bits per heavy atom. The number of carbonyl (C=O) groups is 1. The van der Waals surface area contributed by atoms with Gasteiger partial charge in [-0.15, -0.1) is 0 Å². The molecule has 1 heterocycles. The summed E-state index contributed by atoms with van der Waals surface area (Å²) < 4.78 is 15.8. The fourth-order valence-corrected chi connectivity index (χ4v) is 1.96. The van der Waals surface area contributed by atoms with Crippen molar-refractivity contribution in [2.45, 2.75) is 12.5 Å². The summed E-state index contributed by atoms with van der Waals surface area (Å²) in [6.45, 7) is 1.89. The van der Waals surface area contributed by atoms with Crippen LogP contribution in [0.4, 0.5) is 0 Å². The molecule has 0 saturated heterocycles. The molecule has 0 fully saturated rings. The standard InChI is InChI=1S/C14H20N2O4/c1-18-9-11(15)14(17)16-5-4-10-2-3-12-13(8-10)20-7-6-19-12/h2-3,8,11H,4-7,9,15H2,1H3,(H,16,17). The Labute approximate surface area is 118 Å². The SMILES string of the molecule is COCC(N)C(=O)NCCc1ccc2c(c1)OCCO2. The van der Waals surface area contributed by atoms with E-state index >= 15 is 0 Å². The van der Waals surface area contributed by atoms with Crippen molar-refractivity contribution in [2.75, 3.05) is 33.5 Å². The highest BCUT2D eigenvalue weighted by molar-refractivity contribution is 5.81. The number of nitrogens with one attached hydrogen (secondary N) is 1. The lowest BCUT2D eigenvalue weighted by atomic mass is 10.1. The molecule has 1 atom stereocenters. The van der Waals surface area contributed by atoms with E-state index in [2.05, 4.69) is 5.32 Å². The molecule has 0 radical (unpaired) electrons. The number of fused-ring (bicyclic) bond motifs is 1. The number of benzene rings is 1. The van der Waals surface area contributed by atoms with Gasteiger partial charge in [0.15, 0.2) is 11.5 Å². The molecular formula is C14H20N2O4. The topological polar surface area (TPSA) is 82.8 Å². The normalized spacial score (nSPS) is 14.7. The highest BCUT2D eigenvalue weighted by atomic mass is 16.6. The van der Waals surface area contributed by atoms with Gasteiger partial charge in [-0.2, -0.15) is 0 Å². The molecule has 0 aliphatic carbocycles. The zero-order valence-corrected chi connectivity index (χ0v) is 11.6. The molecule has 0 saturated carbocycles. The van der Waals surface area contributed by atoms with Crippen LogP contribution in [0.25, 0.3) is 0 Å². The van der Waals surface area contributed by atoms with Gasteiger partial charge in [-0.05, 0) is 24.1 Å². The fraction of sp³-hybridized carbons (Fsp3) is 0.500.